The van der Waals surface area contributed by atoms with Crippen LogP contribution in [-0.2, 0) is 6.54 Å². The molecule has 23 heavy (non-hydrogen) atoms. The van der Waals surface area contributed by atoms with Crippen molar-refractivity contribution >= 4 is 16.9 Å². The maximum atomic E-state index is 11.7. The SMILES string of the molecule is Cc1cc(C(C)C)cc2cc(C(=O)O)n(Cc3ccccn3)c12. The van der Waals surface area contributed by atoms with Crippen LogP contribution in [0.2, 0.25) is 0 Å². The normalized spacial score (nSPS) is 11.3. The van der Waals surface area contributed by atoms with Gasteiger partial charge in [-0.25, -0.2) is 4.79 Å². The fourth-order valence-electron chi connectivity index (χ4n) is 2.99. The largest absolute Gasteiger partial charge is 0.477 e. The van der Waals surface area contributed by atoms with Crippen LogP contribution in [0.4, 0.5) is 0 Å². The second-order valence-electron chi connectivity index (χ2n) is 6.17. The average molecular weight is 308 g/mol. The summed E-state index contributed by atoms with van der Waals surface area (Å²) in [4.78, 5) is 16.0. The van der Waals surface area contributed by atoms with Crippen LogP contribution in [0.5, 0.6) is 0 Å². The molecule has 0 radical (unpaired) electrons. The van der Waals surface area contributed by atoms with Crippen LogP contribution in [0, 0.1) is 6.92 Å². The lowest BCUT2D eigenvalue weighted by molar-refractivity contribution is 0.0686. The van der Waals surface area contributed by atoms with Gasteiger partial charge in [-0.3, -0.25) is 4.98 Å². The van der Waals surface area contributed by atoms with Crippen LogP contribution in [0.1, 0.15) is 47.1 Å². The van der Waals surface area contributed by atoms with E-state index in [-0.39, 0.29) is 0 Å². The molecule has 0 saturated carbocycles. The topological polar surface area (TPSA) is 55.1 Å². The molecule has 0 amide bonds. The first-order valence-electron chi connectivity index (χ1n) is 7.74. The Morgan fingerprint density at radius 2 is 2.04 bits per heavy atom. The van der Waals surface area contributed by atoms with Gasteiger partial charge in [0, 0.05) is 11.6 Å². The quantitative estimate of drug-likeness (QED) is 0.785. The first-order chi connectivity index (χ1) is 11.0. The van der Waals surface area contributed by atoms with E-state index in [1.165, 1.54) is 5.56 Å². The van der Waals surface area contributed by atoms with Gasteiger partial charge in [0.05, 0.1) is 17.8 Å². The third-order valence-electron chi connectivity index (χ3n) is 4.14. The Morgan fingerprint density at radius 3 is 2.65 bits per heavy atom. The number of aryl methyl sites for hydroxylation is 1. The molecule has 3 aromatic rings. The second-order valence-corrected chi connectivity index (χ2v) is 6.17. The van der Waals surface area contributed by atoms with Crippen LogP contribution in [0.15, 0.2) is 42.6 Å². The summed E-state index contributed by atoms with van der Waals surface area (Å²) in [5.41, 5.74) is 4.43. The molecular formula is C19H20N2O2. The number of aromatic nitrogens is 2. The van der Waals surface area contributed by atoms with E-state index in [4.69, 9.17) is 0 Å². The van der Waals surface area contributed by atoms with Crippen molar-refractivity contribution in [3.05, 3.63) is 65.1 Å². The summed E-state index contributed by atoms with van der Waals surface area (Å²) in [6.07, 6.45) is 1.73. The maximum absolute atomic E-state index is 11.7. The Hall–Kier alpha value is -2.62. The van der Waals surface area contributed by atoms with Crippen molar-refractivity contribution in [2.45, 2.75) is 33.2 Å². The molecule has 3 rings (SSSR count). The highest BCUT2D eigenvalue weighted by atomic mass is 16.4. The van der Waals surface area contributed by atoms with Gasteiger partial charge in [-0.15, -0.1) is 0 Å². The van der Waals surface area contributed by atoms with Gasteiger partial charge in [-0.1, -0.05) is 26.0 Å². The number of aromatic carboxylic acids is 1. The lowest BCUT2D eigenvalue weighted by Crippen LogP contribution is -2.10. The van der Waals surface area contributed by atoms with Gasteiger partial charge in [0.25, 0.3) is 0 Å². The predicted octanol–water partition coefficient (Wildman–Crippen LogP) is 4.21. The van der Waals surface area contributed by atoms with Gasteiger partial charge in [-0.05, 0) is 48.2 Å². The minimum absolute atomic E-state index is 0.301. The molecule has 1 aromatic carbocycles. The smallest absolute Gasteiger partial charge is 0.352 e. The van der Waals surface area contributed by atoms with E-state index in [2.05, 4.69) is 31.0 Å². The molecule has 4 nitrogen and oxygen atoms in total. The molecule has 0 saturated heterocycles. The maximum Gasteiger partial charge on any atom is 0.352 e. The molecule has 0 aliphatic heterocycles. The molecule has 0 aliphatic carbocycles. The lowest BCUT2D eigenvalue weighted by atomic mass is 9.99. The fraction of sp³-hybridized carbons (Fsp3) is 0.263. The first kappa shape index (κ1) is 15.3. The van der Waals surface area contributed by atoms with Gasteiger partial charge < -0.3 is 9.67 Å². The van der Waals surface area contributed by atoms with Gasteiger partial charge in [0.1, 0.15) is 5.69 Å². The molecular weight excluding hydrogens is 288 g/mol. The molecule has 118 valence electrons. The zero-order chi connectivity index (χ0) is 16.6. The van der Waals surface area contributed by atoms with Crippen molar-refractivity contribution in [2.75, 3.05) is 0 Å². The highest BCUT2D eigenvalue weighted by molar-refractivity contribution is 5.96. The predicted molar refractivity (Wildman–Crippen MR) is 91.1 cm³/mol. The summed E-state index contributed by atoms with van der Waals surface area (Å²) in [5, 5.41) is 10.5. The summed E-state index contributed by atoms with van der Waals surface area (Å²) in [7, 11) is 0. The summed E-state index contributed by atoms with van der Waals surface area (Å²) in [6.45, 7) is 6.77. The van der Waals surface area contributed by atoms with Crippen molar-refractivity contribution in [2.24, 2.45) is 0 Å². The van der Waals surface area contributed by atoms with E-state index in [9.17, 15) is 9.90 Å². The highest BCUT2D eigenvalue weighted by Gasteiger charge is 2.18. The Kier molecular flexibility index (Phi) is 3.90. The Labute approximate surface area is 135 Å². The zero-order valence-corrected chi connectivity index (χ0v) is 13.6. The van der Waals surface area contributed by atoms with Crippen molar-refractivity contribution in [1.29, 1.82) is 0 Å². The summed E-state index contributed by atoms with van der Waals surface area (Å²) < 4.78 is 1.85. The van der Waals surface area contributed by atoms with E-state index < -0.39 is 5.97 Å². The van der Waals surface area contributed by atoms with E-state index in [1.54, 1.807) is 12.3 Å². The van der Waals surface area contributed by atoms with E-state index in [1.807, 2.05) is 29.7 Å². The van der Waals surface area contributed by atoms with Gasteiger partial charge >= 0.3 is 5.97 Å². The molecule has 0 spiro atoms. The van der Waals surface area contributed by atoms with Crippen LogP contribution < -0.4 is 0 Å². The minimum Gasteiger partial charge on any atom is -0.477 e. The number of pyridine rings is 1. The molecule has 4 heteroatoms. The van der Waals surface area contributed by atoms with Crippen LogP contribution in [0.3, 0.4) is 0 Å². The van der Waals surface area contributed by atoms with Crippen LogP contribution in [-0.4, -0.2) is 20.6 Å². The van der Waals surface area contributed by atoms with Crippen LogP contribution in [0.25, 0.3) is 10.9 Å². The second kappa shape index (κ2) is 5.88. The highest BCUT2D eigenvalue weighted by Crippen LogP contribution is 2.28. The van der Waals surface area contributed by atoms with Crippen molar-refractivity contribution in [3.63, 3.8) is 0 Å². The lowest BCUT2D eigenvalue weighted by Gasteiger charge is -2.12. The Bertz CT molecular complexity index is 864. The average Bonchev–Trinajstić information content (AvgIpc) is 2.87. The molecule has 2 heterocycles. The summed E-state index contributed by atoms with van der Waals surface area (Å²) in [6, 6.07) is 11.7. The number of hydrogen-bond donors (Lipinski definition) is 1. The van der Waals surface area contributed by atoms with E-state index in [0.29, 0.717) is 18.2 Å². The number of carboxylic acids is 1. The minimum atomic E-state index is -0.914. The standard InChI is InChI=1S/C19H20N2O2/c1-12(2)14-8-13(3)18-15(9-14)10-17(19(22)23)21(18)11-16-6-4-5-7-20-16/h4-10,12H,11H2,1-3H3,(H,22,23). The molecule has 0 unspecified atom stereocenters. The van der Waals surface area contributed by atoms with Crippen molar-refractivity contribution in [1.82, 2.24) is 9.55 Å². The molecule has 1 N–H and O–H groups in total. The molecule has 0 atom stereocenters. The number of fused-ring (bicyclic) bond motifs is 1. The number of hydrogen-bond acceptors (Lipinski definition) is 2. The first-order valence-corrected chi connectivity index (χ1v) is 7.74. The number of carbonyl (C=O) groups is 1. The van der Waals surface area contributed by atoms with Gasteiger partial charge in [0.15, 0.2) is 0 Å². The molecule has 2 aromatic heterocycles. The molecule has 0 bridgehead atoms. The van der Waals surface area contributed by atoms with Gasteiger partial charge in [0.2, 0.25) is 0 Å². The Morgan fingerprint density at radius 1 is 1.26 bits per heavy atom. The third kappa shape index (κ3) is 2.84. The number of carboxylic acid groups (broad SMARTS) is 1. The number of rotatable bonds is 4. The molecule has 0 fully saturated rings. The number of benzene rings is 1. The van der Waals surface area contributed by atoms with Crippen molar-refractivity contribution in [3.8, 4) is 0 Å². The summed E-state index contributed by atoms with van der Waals surface area (Å²) in [5.74, 6) is -0.506. The fourth-order valence-corrected chi connectivity index (χ4v) is 2.99. The monoisotopic (exact) mass is 308 g/mol. The van der Waals surface area contributed by atoms with Gasteiger partial charge in [-0.2, -0.15) is 0 Å². The molecule has 0 aliphatic rings. The Balaban J connectivity index is 2.22. The van der Waals surface area contributed by atoms with Crippen molar-refractivity contribution < 1.29 is 9.90 Å². The van der Waals surface area contributed by atoms with E-state index >= 15 is 0 Å². The third-order valence-corrected chi connectivity index (χ3v) is 4.14. The summed E-state index contributed by atoms with van der Waals surface area (Å²) >= 11 is 0. The van der Waals surface area contributed by atoms with E-state index in [0.717, 1.165) is 22.2 Å². The zero-order valence-electron chi connectivity index (χ0n) is 13.6. The van der Waals surface area contributed by atoms with Crippen LogP contribution >= 0.6 is 0 Å². The number of nitrogens with zero attached hydrogens (tertiary/aromatic N) is 2.